The van der Waals surface area contributed by atoms with Crippen molar-refractivity contribution in [3.8, 4) is 11.8 Å². The molecule has 33 heavy (non-hydrogen) atoms. The second-order valence-corrected chi connectivity index (χ2v) is 7.62. The fourth-order valence-electron chi connectivity index (χ4n) is 3.25. The maximum atomic E-state index is 14.5. The van der Waals surface area contributed by atoms with Gasteiger partial charge in [0.1, 0.15) is 40.4 Å². The number of halogens is 3. The lowest BCUT2D eigenvalue weighted by atomic mass is 10.2. The van der Waals surface area contributed by atoms with Gasteiger partial charge >= 0.3 is 0 Å². The summed E-state index contributed by atoms with van der Waals surface area (Å²) in [5.41, 5.74) is 10.7. The first-order chi connectivity index (χ1) is 15.8. The van der Waals surface area contributed by atoms with E-state index in [0.29, 0.717) is 4.47 Å². The van der Waals surface area contributed by atoms with Crippen molar-refractivity contribution in [3.63, 3.8) is 0 Å². The molecule has 0 atom stereocenters. The van der Waals surface area contributed by atoms with Gasteiger partial charge < -0.3 is 16.8 Å². The Labute approximate surface area is 193 Å². The van der Waals surface area contributed by atoms with Gasteiger partial charge in [-0.3, -0.25) is 14.3 Å². The number of nitriles is 1. The molecule has 0 unspecified atom stereocenters. The van der Waals surface area contributed by atoms with Crippen LogP contribution < -0.4 is 22.3 Å². The molecule has 166 valence electrons. The van der Waals surface area contributed by atoms with E-state index < -0.39 is 17.2 Å². The highest BCUT2D eigenvalue weighted by Crippen LogP contribution is 2.24. The van der Waals surface area contributed by atoms with E-state index in [4.69, 9.17) is 11.5 Å². The van der Waals surface area contributed by atoms with Gasteiger partial charge in [0.15, 0.2) is 5.82 Å². The topological polar surface area (TPSA) is 161 Å². The van der Waals surface area contributed by atoms with Gasteiger partial charge in [0.2, 0.25) is 5.95 Å². The van der Waals surface area contributed by atoms with Gasteiger partial charge in [0.25, 0.3) is 5.56 Å². The molecular weight excluding hydrogens is 500 g/mol. The van der Waals surface area contributed by atoms with Gasteiger partial charge in [-0.25, -0.2) is 13.8 Å². The molecule has 4 aromatic rings. The summed E-state index contributed by atoms with van der Waals surface area (Å²) in [4.78, 5) is 29.1. The third kappa shape index (κ3) is 4.15. The summed E-state index contributed by atoms with van der Waals surface area (Å²) in [5.74, 6) is -1.35. The fraction of sp³-hybridized carbons (Fsp3) is 0.100. The third-order valence-electron chi connectivity index (χ3n) is 4.65. The molecule has 10 nitrogen and oxygen atoms in total. The molecule has 5 N–H and O–H groups in total. The first-order valence-electron chi connectivity index (χ1n) is 9.37. The molecule has 0 bridgehead atoms. The van der Waals surface area contributed by atoms with E-state index in [1.165, 1.54) is 18.3 Å². The highest BCUT2D eigenvalue weighted by molar-refractivity contribution is 9.10. The van der Waals surface area contributed by atoms with Crippen LogP contribution in [-0.2, 0) is 6.42 Å². The van der Waals surface area contributed by atoms with Gasteiger partial charge in [0, 0.05) is 23.5 Å². The molecule has 4 rings (SSSR count). The summed E-state index contributed by atoms with van der Waals surface area (Å²) in [6.07, 6.45) is 2.34. The van der Waals surface area contributed by atoms with Crippen molar-refractivity contribution in [1.29, 1.82) is 5.26 Å². The Balaban J connectivity index is 1.80. The van der Waals surface area contributed by atoms with Crippen molar-refractivity contribution in [2.45, 2.75) is 6.42 Å². The molecule has 13 heteroatoms. The number of rotatable bonds is 5. The lowest BCUT2D eigenvalue weighted by molar-refractivity contribution is 0.618. The number of nitrogens with zero attached hydrogens (tertiary/aromatic N) is 6. The van der Waals surface area contributed by atoms with E-state index in [1.807, 2.05) is 6.07 Å². The van der Waals surface area contributed by atoms with Crippen LogP contribution in [0.5, 0.6) is 0 Å². The minimum absolute atomic E-state index is 0.000848. The van der Waals surface area contributed by atoms with Crippen molar-refractivity contribution in [3.05, 3.63) is 68.4 Å². The first kappa shape index (κ1) is 22.0. The predicted octanol–water partition coefficient (Wildman–Crippen LogP) is 2.30. The predicted molar refractivity (Wildman–Crippen MR) is 121 cm³/mol. The zero-order valence-electron chi connectivity index (χ0n) is 16.7. The largest absolute Gasteiger partial charge is 0.382 e. The molecule has 0 aliphatic heterocycles. The van der Waals surface area contributed by atoms with E-state index in [1.54, 1.807) is 0 Å². The number of aromatic nitrogens is 5. The van der Waals surface area contributed by atoms with Gasteiger partial charge in [-0.05, 0) is 28.1 Å². The van der Waals surface area contributed by atoms with E-state index in [2.05, 4.69) is 41.2 Å². The van der Waals surface area contributed by atoms with E-state index in [9.17, 15) is 18.8 Å². The Bertz CT molecular complexity index is 1500. The second kappa shape index (κ2) is 8.75. The van der Waals surface area contributed by atoms with Crippen LogP contribution in [0, 0.1) is 23.0 Å². The number of nitrogens with one attached hydrogen (secondary N) is 1. The number of fused-ring (bicyclic) bond motifs is 1. The molecular formula is C20H14BrF2N9O. The van der Waals surface area contributed by atoms with Crippen LogP contribution in [0.15, 0.2) is 39.9 Å². The summed E-state index contributed by atoms with van der Waals surface area (Å²) >= 11 is 3.25. The highest BCUT2D eigenvalue weighted by Gasteiger charge is 2.18. The molecule has 0 fully saturated rings. The maximum absolute atomic E-state index is 14.5. The van der Waals surface area contributed by atoms with Gasteiger partial charge in [-0.2, -0.15) is 15.2 Å². The van der Waals surface area contributed by atoms with Crippen molar-refractivity contribution in [1.82, 2.24) is 24.5 Å². The first-order valence-corrected chi connectivity index (χ1v) is 10.2. The molecule has 3 heterocycles. The Morgan fingerprint density at radius 3 is 2.70 bits per heavy atom. The minimum atomic E-state index is -0.688. The maximum Gasteiger partial charge on any atom is 0.267 e. The van der Waals surface area contributed by atoms with Crippen LogP contribution in [0.4, 0.5) is 26.4 Å². The number of nitrogens with two attached hydrogens (primary N) is 2. The van der Waals surface area contributed by atoms with Gasteiger partial charge in [-0.1, -0.05) is 0 Å². The van der Waals surface area contributed by atoms with Crippen LogP contribution in [0.3, 0.4) is 0 Å². The SMILES string of the molecule is N#Cc1c(N)nc(N)nc1NCCc1nc2c(F)ccc(Br)c2c(=O)n1-c1cncc(F)c1. The average molecular weight is 514 g/mol. The molecule has 1 aromatic carbocycles. The molecule has 3 aromatic heterocycles. The van der Waals surface area contributed by atoms with E-state index in [-0.39, 0.29) is 58.5 Å². The number of hydrogen-bond acceptors (Lipinski definition) is 9. The second-order valence-electron chi connectivity index (χ2n) is 6.76. The van der Waals surface area contributed by atoms with Crippen LogP contribution in [0.2, 0.25) is 0 Å². The zero-order chi connectivity index (χ0) is 23.7. The Kier molecular flexibility index (Phi) is 5.84. The third-order valence-corrected chi connectivity index (χ3v) is 5.31. The summed E-state index contributed by atoms with van der Waals surface area (Å²) < 4.78 is 29.8. The standard InChI is InChI=1S/C20H14BrF2N9O/c21-12-1-2-13(23)16-15(12)19(33)32(10-5-9(22)7-27-8-10)14(29-16)3-4-28-18-11(6-24)17(25)30-20(26)31-18/h1-2,5,7-8H,3-4H2,(H5,25,26,28,30,31). The summed E-state index contributed by atoms with van der Waals surface area (Å²) in [6.45, 7) is 0.0981. The van der Waals surface area contributed by atoms with Crippen LogP contribution in [0.25, 0.3) is 16.6 Å². The van der Waals surface area contributed by atoms with Crippen molar-refractivity contribution in [2.75, 3.05) is 23.3 Å². The average Bonchev–Trinajstić information content (AvgIpc) is 2.76. The molecule has 0 aliphatic carbocycles. The monoisotopic (exact) mass is 513 g/mol. The smallest absolute Gasteiger partial charge is 0.267 e. The zero-order valence-corrected chi connectivity index (χ0v) is 18.3. The number of nitrogen functional groups attached to an aromatic ring is 2. The van der Waals surface area contributed by atoms with Crippen LogP contribution in [0.1, 0.15) is 11.4 Å². The van der Waals surface area contributed by atoms with Crippen LogP contribution in [-0.4, -0.2) is 31.0 Å². The Morgan fingerprint density at radius 2 is 1.97 bits per heavy atom. The van der Waals surface area contributed by atoms with Gasteiger partial charge in [0.05, 0.1) is 23.5 Å². The molecule has 0 radical (unpaired) electrons. The van der Waals surface area contributed by atoms with Crippen molar-refractivity contribution in [2.24, 2.45) is 0 Å². The van der Waals surface area contributed by atoms with Crippen LogP contribution >= 0.6 is 15.9 Å². The van der Waals surface area contributed by atoms with E-state index >= 15 is 0 Å². The Morgan fingerprint density at radius 1 is 1.18 bits per heavy atom. The lowest BCUT2D eigenvalue weighted by Gasteiger charge is -2.15. The molecule has 0 aliphatic rings. The molecule has 0 amide bonds. The number of anilines is 3. The molecule has 0 saturated heterocycles. The van der Waals surface area contributed by atoms with Gasteiger partial charge in [-0.15, -0.1) is 0 Å². The molecule has 0 spiro atoms. The summed E-state index contributed by atoms with van der Waals surface area (Å²) in [5, 5.41) is 12.2. The quantitative estimate of drug-likeness (QED) is 0.363. The van der Waals surface area contributed by atoms with Crippen molar-refractivity contribution >= 4 is 44.4 Å². The van der Waals surface area contributed by atoms with E-state index in [0.717, 1.165) is 16.8 Å². The molecule has 0 saturated carbocycles. The normalized spacial score (nSPS) is 10.8. The number of benzene rings is 1. The number of hydrogen-bond donors (Lipinski definition) is 3. The number of pyridine rings is 1. The van der Waals surface area contributed by atoms with Crippen molar-refractivity contribution < 1.29 is 8.78 Å². The highest BCUT2D eigenvalue weighted by atomic mass is 79.9. The lowest BCUT2D eigenvalue weighted by Crippen LogP contribution is -2.26. The summed E-state index contributed by atoms with van der Waals surface area (Å²) in [7, 11) is 0. The fourth-order valence-corrected chi connectivity index (χ4v) is 3.74. The Hall–Kier alpha value is -4.18. The minimum Gasteiger partial charge on any atom is -0.382 e. The summed E-state index contributed by atoms with van der Waals surface area (Å²) in [6, 6.07) is 5.58.